The first kappa shape index (κ1) is 13.1. The van der Waals surface area contributed by atoms with Crippen molar-refractivity contribution in [2.24, 2.45) is 0 Å². The van der Waals surface area contributed by atoms with Gasteiger partial charge in [0.1, 0.15) is 5.69 Å². The summed E-state index contributed by atoms with van der Waals surface area (Å²) in [6, 6.07) is 2.87. The summed E-state index contributed by atoms with van der Waals surface area (Å²) in [5.74, 6) is -1.14. The van der Waals surface area contributed by atoms with Crippen LogP contribution in [0.15, 0.2) is 16.7 Å². The average Bonchev–Trinajstić information content (AvgIpc) is 2.81. The van der Waals surface area contributed by atoms with Gasteiger partial charge < -0.3 is 14.7 Å². The lowest BCUT2D eigenvalue weighted by molar-refractivity contribution is -0.156. The Morgan fingerprint density at radius 1 is 1.33 bits per heavy atom. The fourth-order valence-electron chi connectivity index (χ4n) is 1.45. The molecule has 0 unspecified atom stereocenters. The molecule has 2 aromatic heterocycles. The Kier molecular flexibility index (Phi) is 3.18. The molecule has 0 aliphatic carbocycles. The van der Waals surface area contributed by atoms with Crippen molar-refractivity contribution in [3.63, 3.8) is 0 Å². The monoisotopic (exact) mass is 279 g/mol. The van der Waals surface area contributed by atoms with Gasteiger partial charge in [-0.3, -0.25) is 0 Å². The second-order valence-corrected chi connectivity index (χ2v) is 4.67. The molecule has 2 N–H and O–H groups in total. The number of nitrogens with zero attached hydrogens (tertiary/aromatic N) is 1. The third-order valence-corrected chi connectivity index (χ3v) is 3.43. The first-order valence-corrected chi connectivity index (χ1v) is 5.62. The van der Waals surface area contributed by atoms with Crippen molar-refractivity contribution >= 4 is 11.3 Å². The molecule has 2 aromatic rings. The molecule has 2 heterocycles. The van der Waals surface area contributed by atoms with E-state index in [9.17, 15) is 13.2 Å². The van der Waals surface area contributed by atoms with Crippen LogP contribution < -0.4 is 0 Å². The summed E-state index contributed by atoms with van der Waals surface area (Å²) in [6.45, 7) is 1.25. The van der Waals surface area contributed by atoms with Gasteiger partial charge in [-0.15, -0.1) is 11.3 Å². The Balaban J connectivity index is 2.42. The molecule has 98 valence electrons. The van der Waals surface area contributed by atoms with Crippen LogP contribution in [0.25, 0.3) is 10.6 Å². The molecule has 0 atom stereocenters. The third-order valence-electron chi connectivity index (χ3n) is 2.30. The van der Waals surface area contributed by atoms with Gasteiger partial charge in [-0.1, -0.05) is 5.16 Å². The Bertz CT molecular complexity index is 559. The van der Waals surface area contributed by atoms with Crippen molar-refractivity contribution in [3.8, 4) is 10.6 Å². The van der Waals surface area contributed by atoms with Crippen LogP contribution in [0, 0.1) is 6.92 Å². The van der Waals surface area contributed by atoms with Gasteiger partial charge in [-0.05, 0) is 19.1 Å². The van der Waals surface area contributed by atoms with Crippen molar-refractivity contribution in [1.29, 1.82) is 0 Å². The summed E-state index contributed by atoms with van der Waals surface area (Å²) in [5.41, 5.74) is -0.0671. The number of alkyl halides is 3. The van der Waals surface area contributed by atoms with E-state index in [0.29, 0.717) is 4.88 Å². The van der Waals surface area contributed by atoms with Gasteiger partial charge >= 0.3 is 6.18 Å². The maximum Gasteiger partial charge on any atom is 0.452 e. The van der Waals surface area contributed by atoms with Crippen molar-refractivity contribution in [3.05, 3.63) is 28.3 Å². The van der Waals surface area contributed by atoms with Gasteiger partial charge in [0.25, 0.3) is 0 Å². The molecule has 0 aliphatic rings. The molecular weight excluding hydrogens is 271 g/mol. The Morgan fingerprint density at radius 2 is 2.00 bits per heavy atom. The second kappa shape index (κ2) is 4.38. The minimum Gasteiger partial charge on any atom is -0.364 e. The second-order valence-electron chi connectivity index (χ2n) is 3.56. The van der Waals surface area contributed by atoms with E-state index in [1.165, 1.54) is 19.1 Å². The Labute approximate surface area is 103 Å². The largest absolute Gasteiger partial charge is 0.452 e. The minimum absolute atomic E-state index is 0.0548. The highest BCUT2D eigenvalue weighted by Crippen LogP contribution is 2.38. The number of hydrogen-bond acceptors (Lipinski definition) is 5. The van der Waals surface area contributed by atoms with Gasteiger partial charge in [0, 0.05) is 5.56 Å². The molecule has 8 heteroatoms. The SMILES string of the molecule is Cc1c(-c2ccc(C(O)O)s2)noc1C(F)(F)F. The zero-order valence-corrected chi connectivity index (χ0v) is 9.84. The normalized spacial score (nSPS) is 12.4. The molecule has 0 bridgehead atoms. The van der Waals surface area contributed by atoms with E-state index in [-0.39, 0.29) is 16.1 Å². The van der Waals surface area contributed by atoms with Crippen LogP contribution in [0.5, 0.6) is 0 Å². The molecule has 0 radical (unpaired) electrons. The van der Waals surface area contributed by atoms with Gasteiger partial charge in [0.15, 0.2) is 6.29 Å². The van der Waals surface area contributed by atoms with Crippen molar-refractivity contribution in [2.75, 3.05) is 0 Å². The summed E-state index contributed by atoms with van der Waals surface area (Å²) in [7, 11) is 0. The summed E-state index contributed by atoms with van der Waals surface area (Å²) >= 11 is 0.942. The van der Waals surface area contributed by atoms with E-state index < -0.39 is 18.2 Å². The van der Waals surface area contributed by atoms with E-state index in [4.69, 9.17) is 10.2 Å². The van der Waals surface area contributed by atoms with E-state index in [0.717, 1.165) is 11.3 Å². The number of aliphatic hydroxyl groups excluding tert-OH is 1. The van der Waals surface area contributed by atoms with Crippen LogP contribution in [0.1, 0.15) is 22.5 Å². The van der Waals surface area contributed by atoms with E-state index in [2.05, 4.69) is 9.68 Å². The molecule has 18 heavy (non-hydrogen) atoms. The summed E-state index contributed by atoms with van der Waals surface area (Å²) in [6.07, 6.45) is -6.25. The maximum atomic E-state index is 12.5. The smallest absolute Gasteiger partial charge is 0.364 e. The lowest BCUT2D eigenvalue weighted by Gasteiger charge is -2.01. The molecule has 4 nitrogen and oxygen atoms in total. The first-order chi connectivity index (χ1) is 8.30. The Hall–Kier alpha value is -1.38. The zero-order chi connectivity index (χ0) is 13.5. The predicted molar refractivity (Wildman–Crippen MR) is 56.7 cm³/mol. The molecule has 0 saturated carbocycles. The highest BCUT2D eigenvalue weighted by Gasteiger charge is 2.39. The number of aliphatic hydroxyl groups is 2. The lowest BCUT2D eigenvalue weighted by atomic mass is 10.2. The molecule has 0 amide bonds. The summed E-state index contributed by atoms with van der Waals surface area (Å²) < 4.78 is 41.8. The fourth-order valence-corrected chi connectivity index (χ4v) is 2.37. The molecule has 2 rings (SSSR count). The van der Waals surface area contributed by atoms with Gasteiger partial charge in [-0.2, -0.15) is 13.2 Å². The molecular formula is C10H8F3NO3S. The number of thiophene rings is 1. The van der Waals surface area contributed by atoms with E-state index in [1.54, 1.807) is 0 Å². The average molecular weight is 279 g/mol. The fraction of sp³-hybridized carbons (Fsp3) is 0.300. The third kappa shape index (κ3) is 2.26. The predicted octanol–water partition coefficient (Wildman–Crippen LogP) is 2.71. The number of hydrogen-bond donors (Lipinski definition) is 2. The minimum atomic E-state index is -4.59. The highest BCUT2D eigenvalue weighted by molar-refractivity contribution is 7.15. The Morgan fingerprint density at radius 3 is 2.44 bits per heavy atom. The number of aromatic nitrogens is 1. The summed E-state index contributed by atoms with van der Waals surface area (Å²) in [4.78, 5) is 0.607. The topological polar surface area (TPSA) is 66.5 Å². The maximum absolute atomic E-state index is 12.5. The van der Waals surface area contributed by atoms with Crippen LogP contribution >= 0.6 is 11.3 Å². The van der Waals surface area contributed by atoms with Gasteiger partial charge in [0.2, 0.25) is 5.76 Å². The highest BCUT2D eigenvalue weighted by atomic mass is 32.1. The van der Waals surface area contributed by atoms with Crippen LogP contribution in [0.3, 0.4) is 0 Å². The number of halogens is 3. The zero-order valence-electron chi connectivity index (χ0n) is 9.02. The van der Waals surface area contributed by atoms with Crippen LogP contribution in [-0.4, -0.2) is 15.4 Å². The van der Waals surface area contributed by atoms with Crippen molar-refractivity contribution in [2.45, 2.75) is 19.4 Å². The summed E-state index contributed by atoms with van der Waals surface area (Å²) in [5, 5.41) is 21.2. The van der Waals surface area contributed by atoms with E-state index in [1.807, 2.05) is 0 Å². The van der Waals surface area contributed by atoms with Crippen LogP contribution in [-0.2, 0) is 6.18 Å². The molecule has 0 saturated heterocycles. The van der Waals surface area contributed by atoms with Crippen LogP contribution in [0.2, 0.25) is 0 Å². The molecule has 0 aromatic carbocycles. The molecule has 0 aliphatic heterocycles. The van der Waals surface area contributed by atoms with E-state index >= 15 is 0 Å². The van der Waals surface area contributed by atoms with Crippen LogP contribution in [0.4, 0.5) is 13.2 Å². The molecule has 0 fully saturated rings. The molecule has 0 spiro atoms. The van der Waals surface area contributed by atoms with Gasteiger partial charge in [0.05, 0.1) is 9.75 Å². The standard InChI is InChI=1S/C10H8F3NO3S/c1-4-7(14-17-8(4)10(11,12)13)5-2-3-6(18-5)9(15)16/h2-3,9,15-16H,1H3. The lowest BCUT2D eigenvalue weighted by Crippen LogP contribution is -2.04. The first-order valence-electron chi connectivity index (χ1n) is 4.80. The van der Waals surface area contributed by atoms with Gasteiger partial charge in [-0.25, -0.2) is 0 Å². The number of rotatable bonds is 2. The van der Waals surface area contributed by atoms with Crippen molar-refractivity contribution in [1.82, 2.24) is 5.16 Å². The van der Waals surface area contributed by atoms with Crippen molar-refractivity contribution < 1.29 is 27.9 Å². The quantitative estimate of drug-likeness (QED) is 0.829.